The van der Waals surface area contributed by atoms with Crippen LogP contribution in [0.4, 0.5) is 5.69 Å². The molecule has 0 radical (unpaired) electrons. The van der Waals surface area contributed by atoms with Crippen LogP contribution in [0.5, 0.6) is 0 Å². The maximum absolute atomic E-state index is 6.32. The van der Waals surface area contributed by atoms with E-state index in [1.807, 2.05) is 12.1 Å². The molecule has 0 bridgehead atoms. The first kappa shape index (κ1) is 15.2. The summed E-state index contributed by atoms with van der Waals surface area (Å²) in [4.78, 5) is 0. The highest BCUT2D eigenvalue weighted by Crippen LogP contribution is 2.31. The zero-order chi connectivity index (χ0) is 14.7. The smallest absolute Gasteiger partial charge is 0.0526 e. The summed E-state index contributed by atoms with van der Waals surface area (Å²) in [5.74, 6) is 0. The minimum absolute atomic E-state index is 0.181. The van der Waals surface area contributed by atoms with E-state index in [1.165, 1.54) is 11.1 Å². The Morgan fingerprint density at radius 2 is 1.85 bits per heavy atom. The molecule has 0 aliphatic rings. The van der Waals surface area contributed by atoms with Gasteiger partial charge in [-0.25, -0.2) is 0 Å². The van der Waals surface area contributed by atoms with Crippen molar-refractivity contribution in [2.24, 2.45) is 0 Å². The predicted molar refractivity (Wildman–Crippen MR) is 89.0 cm³/mol. The largest absolute Gasteiger partial charge is 0.378 e. The van der Waals surface area contributed by atoms with E-state index in [2.05, 4.69) is 44.3 Å². The highest BCUT2D eigenvalue weighted by Gasteiger charge is 2.14. The van der Waals surface area contributed by atoms with E-state index >= 15 is 0 Å². The molecule has 0 aliphatic heterocycles. The SMILES string of the molecule is CCC(Nc1cccc(C)c1C)c1ccc(Cl)cc1Cl. The molecule has 3 heteroatoms. The van der Waals surface area contributed by atoms with Crippen molar-refractivity contribution in [2.45, 2.75) is 33.2 Å². The van der Waals surface area contributed by atoms with Crippen LogP contribution < -0.4 is 5.32 Å². The van der Waals surface area contributed by atoms with Crippen LogP contribution in [0.1, 0.15) is 36.1 Å². The van der Waals surface area contributed by atoms with E-state index in [-0.39, 0.29) is 6.04 Å². The van der Waals surface area contributed by atoms with Gasteiger partial charge in [-0.1, -0.05) is 48.3 Å². The number of halogens is 2. The van der Waals surface area contributed by atoms with Crippen molar-refractivity contribution >= 4 is 28.9 Å². The maximum Gasteiger partial charge on any atom is 0.0526 e. The van der Waals surface area contributed by atoms with Crippen molar-refractivity contribution < 1.29 is 0 Å². The Kier molecular flexibility index (Phi) is 4.95. The summed E-state index contributed by atoms with van der Waals surface area (Å²) in [6.07, 6.45) is 0.953. The van der Waals surface area contributed by atoms with Gasteiger partial charge in [-0.2, -0.15) is 0 Å². The number of benzene rings is 2. The fraction of sp³-hybridized carbons (Fsp3) is 0.294. The average Bonchev–Trinajstić information content (AvgIpc) is 2.41. The van der Waals surface area contributed by atoms with Crippen LogP contribution in [0.3, 0.4) is 0 Å². The molecule has 1 nitrogen and oxygen atoms in total. The molecule has 2 rings (SSSR count). The topological polar surface area (TPSA) is 12.0 Å². The molecule has 0 saturated heterocycles. The predicted octanol–water partition coefficient (Wildman–Crippen LogP) is 6.17. The van der Waals surface area contributed by atoms with Crippen LogP contribution in [0, 0.1) is 13.8 Å². The Morgan fingerprint density at radius 1 is 1.10 bits per heavy atom. The van der Waals surface area contributed by atoms with Crippen molar-refractivity contribution in [3.8, 4) is 0 Å². The molecule has 0 aromatic heterocycles. The van der Waals surface area contributed by atoms with Gasteiger partial charge < -0.3 is 5.32 Å². The van der Waals surface area contributed by atoms with Gasteiger partial charge >= 0.3 is 0 Å². The number of aryl methyl sites for hydroxylation is 1. The van der Waals surface area contributed by atoms with E-state index in [0.29, 0.717) is 10.0 Å². The summed E-state index contributed by atoms with van der Waals surface area (Å²) in [7, 11) is 0. The zero-order valence-electron chi connectivity index (χ0n) is 12.0. The monoisotopic (exact) mass is 307 g/mol. The summed E-state index contributed by atoms with van der Waals surface area (Å²) >= 11 is 12.3. The molecular weight excluding hydrogens is 289 g/mol. The summed E-state index contributed by atoms with van der Waals surface area (Å²) in [6.45, 7) is 6.40. The third-order valence-corrected chi connectivity index (χ3v) is 4.24. The minimum Gasteiger partial charge on any atom is -0.378 e. The second kappa shape index (κ2) is 6.51. The molecule has 1 N–H and O–H groups in total. The number of hydrogen-bond donors (Lipinski definition) is 1. The molecule has 106 valence electrons. The second-order valence-corrected chi connectivity index (χ2v) is 5.86. The quantitative estimate of drug-likeness (QED) is 0.711. The summed E-state index contributed by atoms with van der Waals surface area (Å²) < 4.78 is 0. The fourth-order valence-electron chi connectivity index (χ4n) is 2.28. The van der Waals surface area contributed by atoms with E-state index in [1.54, 1.807) is 6.07 Å². The molecule has 2 aromatic carbocycles. The second-order valence-electron chi connectivity index (χ2n) is 5.02. The van der Waals surface area contributed by atoms with E-state index in [4.69, 9.17) is 23.2 Å². The maximum atomic E-state index is 6.32. The van der Waals surface area contributed by atoms with Gasteiger partial charge in [-0.3, -0.25) is 0 Å². The minimum atomic E-state index is 0.181. The van der Waals surface area contributed by atoms with E-state index in [9.17, 15) is 0 Å². The third-order valence-electron chi connectivity index (χ3n) is 3.68. The Labute approximate surface area is 130 Å². The molecule has 20 heavy (non-hydrogen) atoms. The van der Waals surface area contributed by atoms with Crippen LogP contribution in [-0.4, -0.2) is 0 Å². The first-order chi connectivity index (χ1) is 9.52. The van der Waals surface area contributed by atoms with Crippen molar-refractivity contribution in [3.63, 3.8) is 0 Å². The van der Waals surface area contributed by atoms with E-state index < -0.39 is 0 Å². The van der Waals surface area contributed by atoms with Crippen molar-refractivity contribution in [2.75, 3.05) is 5.32 Å². The van der Waals surface area contributed by atoms with Crippen LogP contribution in [0.25, 0.3) is 0 Å². The van der Waals surface area contributed by atoms with Gasteiger partial charge in [-0.05, 0) is 55.2 Å². The number of rotatable bonds is 4. The van der Waals surface area contributed by atoms with Gasteiger partial charge in [0.25, 0.3) is 0 Å². The molecule has 0 spiro atoms. The van der Waals surface area contributed by atoms with Crippen molar-refractivity contribution in [1.82, 2.24) is 0 Å². The molecule has 2 aromatic rings. The molecule has 0 saturated carbocycles. The Bertz CT molecular complexity index is 608. The Balaban J connectivity index is 2.31. The highest BCUT2D eigenvalue weighted by atomic mass is 35.5. The lowest BCUT2D eigenvalue weighted by Crippen LogP contribution is -2.11. The van der Waals surface area contributed by atoms with Crippen molar-refractivity contribution in [1.29, 1.82) is 0 Å². The Morgan fingerprint density at radius 3 is 2.50 bits per heavy atom. The van der Waals surface area contributed by atoms with Crippen LogP contribution in [0.15, 0.2) is 36.4 Å². The molecule has 0 heterocycles. The van der Waals surface area contributed by atoms with Crippen LogP contribution in [0.2, 0.25) is 10.0 Å². The van der Waals surface area contributed by atoms with Gasteiger partial charge in [0.1, 0.15) is 0 Å². The van der Waals surface area contributed by atoms with Gasteiger partial charge in [-0.15, -0.1) is 0 Å². The normalized spacial score (nSPS) is 12.2. The van der Waals surface area contributed by atoms with Gasteiger partial charge in [0.05, 0.1) is 6.04 Å². The molecule has 0 fully saturated rings. The first-order valence-corrected chi connectivity index (χ1v) is 7.56. The van der Waals surface area contributed by atoms with Gasteiger partial charge in [0.2, 0.25) is 0 Å². The summed E-state index contributed by atoms with van der Waals surface area (Å²) in [5.41, 5.74) is 4.80. The van der Waals surface area contributed by atoms with Gasteiger partial charge in [0.15, 0.2) is 0 Å². The average molecular weight is 308 g/mol. The third kappa shape index (κ3) is 3.28. The molecule has 0 aliphatic carbocycles. The number of hydrogen-bond acceptors (Lipinski definition) is 1. The molecular formula is C17H19Cl2N. The van der Waals surface area contributed by atoms with Crippen molar-refractivity contribution in [3.05, 3.63) is 63.1 Å². The molecule has 1 atom stereocenters. The first-order valence-electron chi connectivity index (χ1n) is 6.80. The van der Waals surface area contributed by atoms with Gasteiger partial charge in [0, 0.05) is 15.7 Å². The number of nitrogens with one attached hydrogen (secondary N) is 1. The zero-order valence-corrected chi connectivity index (χ0v) is 13.5. The molecule has 0 amide bonds. The molecule has 1 unspecified atom stereocenters. The van der Waals surface area contributed by atoms with E-state index in [0.717, 1.165) is 17.7 Å². The van der Waals surface area contributed by atoms with Crippen LogP contribution >= 0.6 is 23.2 Å². The number of anilines is 1. The Hall–Kier alpha value is -1.18. The van der Waals surface area contributed by atoms with Crippen LogP contribution in [-0.2, 0) is 0 Å². The summed E-state index contributed by atoms with van der Waals surface area (Å²) in [5, 5.41) is 4.96. The highest BCUT2D eigenvalue weighted by molar-refractivity contribution is 6.35. The lowest BCUT2D eigenvalue weighted by Gasteiger charge is -2.22. The standard InChI is InChI=1S/C17H19Cl2N/c1-4-16(14-9-8-13(18)10-15(14)19)20-17-7-5-6-11(2)12(17)3/h5-10,16,20H,4H2,1-3H3. The fourth-order valence-corrected chi connectivity index (χ4v) is 2.82. The lowest BCUT2D eigenvalue weighted by molar-refractivity contribution is 0.748. The summed E-state index contributed by atoms with van der Waals surface area (Å²) in [6, 6.07) is 12.2. The lowest BCUT2D eigenvalue weighted by atomic mass is 10.0.